The summed E-state index contributed by atoms with van der Waals surface area (Å²) in [6, 6.07) is 4.28. The highest BCUT2D eigenvalue weighted by Gasteiger charge is 2.31. The van der Waals surface area contributed by atoms with Crippen LogP contribution >= 0.6 is 11.6 Å². The number of sulfonamides is 1. The van der Waals surface area contributed by atoms with Crippen LogP contribution in [0.1, 0.15) is 19.8 Å². The number of likely N-dealkylation sites (N-methyl/N-ethyl adjacent to an activating group) is 1. The maximum atomic E-state index is 12.9. The summed E-state index contributed by atoms with van der Waals surface area (Å²) in [5.41, 5.74) is 0. The maximum absolute atomic E-state index is 12.9. The van der Waals surface area contributed by atoms with Gasteiger partial charge in [0, 0.05) is 25.2 Å². The zero-order valence-electron chi connectivity index (χ0n) is 16.2. The number of esters is 1. The molecule has 156 valence electrons. The molecule has 1 saturated heterocycles. The Labute approximate surface area is 170 Å². The number of carbonyl (C=O) groups excluding carboxylic acids is 2. The molecule has 1 aliphatic heterocycles. The number of likely N-dealkylation sites (tertiary alicyclic amines) is 1. The number of benzene rings is 1. The molecule has 2 rings (SSSR count). The van der Waals surface area contributed by atoms with Crippen molar-refractivity contribution in [3.8, 4) is 5.75 Å². The van der Waals surface area contributed by atoms with Gasteiger partial charge in [-0.05, 0) is 38.0 Å². The molecular formula is C18H25ClN2O6S. The van der Waals surface area contributed by atoms with Crippen LogP contribution in [0.5, 0.6) is 5.75 Å². The molecule has 10 heteroatoms. The fourth-order valence-corrected chi connectivity index (χ4v) is 4.55. The molecule has 1 aliphatic rings. The Balaban J connectivity index is 2.03. The van der Waals surface area contributed by atoms with Crippen molar-refractivity contribution in [2.24, 2.45) is 5.92 Å². The molecule has 0 spiro atoms. The number of rotatable bonds is 7. The van der Waals surface area contributed by atoms with E-state index in [1.165, 1.54) is 32.4 Å². The fraction of sp³-hybridized carbons (Fsp3) is 0.556. The predicted octanol–water partition coefficient (Wildman–Crippen LogP) is 1.77. The number of ether oxygens (including phenoxy) is 2. The lowest BCUT2D eigenvalue weighted by Gasteiger charge is -2.32. The smallest absolute Gasteiger partial charge is 0.309 e. The molecule has 8 nitrogen and oxygen atoms in total. The van der Waals surface area contributed by atoms with Crippen LogP contribution in [0.3, 0.4) is 0 Å². The molecule has 0 aliphatic carbocycles. The lowest BCUT2D eigenvalue weighted by molar-refractivity contribution is -0.151. The van der Waals surface area contributed by atoms with E-state index in [1.807, 2.05) is 0 Å². The predicted molar refractivity (Wildman–Crippen MR) is 104 cm³/mol. The summed E-state index contributed by atoms with van der Waals surface area (Å²) < 4.78 is 36.8. The van der Waals surface area contributed by atoms with Crippen LogP contribution in [0.4, 0.5) is 0 Å². The molecule has 0 radical (unpaired) electrons. The van der Waals surface area contributed by atoms with Crippen LogP contribution < -0.4 is 4.74 Å². The van der Waals surface area contributed by atoms with Crippen molar-refractivity contribution in [3.63, 3.8) is 0 Å². The quantitative estimate of drug-likeness (QED) is 0.609. The normalized spacial score (nSPS) is 15.5. The second-order valence-electron chi connectivity index (χ2n) is 6.46. The molecule has 0 unspecified atom stereocenters. The maximum Gasteiger partial charge on any atom is 0.309 e. The Morgan fingerprint density at radius 3 is 2.50 bits per heavy atom. The first-order valence-corrected chi connectivity index (χ1v) is 10.8. The molecule has 0 bridgehead atoms. The van der Waals surface area contributed by atoms with Gasteiger partial charge in [0.2, 0.25) is 15.9 Å². The van der Waals surface area contributed by atoms with E-state index in [4.69, 9.17) is 21.1 Å². The van der Waals surface area contributed by atoms with E-state index >= 15 is 0 Å². The molecule has 1 heterocycles. The molecule has 1 fully saturated rings. The highest BCUT2D eigenvalue weighted by atomic mass is 35.5. The highest BCUT2D eigenvalue weighted by Crippen LogP contribution is 2.29. The lowest BCUT2D eigenvalue weighted by Crippen LogP contribution is -2.45. The monoisotopic (exact) mass is 432 g/mol. The third-order valence-corrected chi connectivity index (χ3v) is 6.70. The summed E-state index contributed by atoms with van der Waals surface area (Å²) in [7, 11) is -1.27. The van der Waals surface area contributed by atoms with Crippen LogP contribution in [0.25, 0.3) is 0 Å². The van der Waals surface area contributed by atoms with Crippen LogP contribution in [0, 0.1) is 5.92 Å². The van der Waals surface area contributed by atoms with Crippen molar-refractivity contribution in [1.82, 2.24) is 9.21 Å². The van der Waals surface area contributed by atoms with Gasteiger partial charge in [0.1, 0.15) is 10.6 Å². The van der Waals surface area contributed by atoms with E-state index in [0.717, 1.165) is 4.31 Å². The number of hydrogen-bond donors (Lipinski definition) is 0. The standard InChI is InChI=1S/C18H25ClN2O6S/c1-4-27-18(23)13-7-9-21(10-8-13)17(22)12-20(2)28(24,25)16-11-14(19)5-6-15(16)26-3/h5-6,11,13H,4,7-10,12H2,1-3H3. The number of piperidine rings is 1. The van der Waals surface area contributed by atoms with Crippen molar-refractivity contribution in [3.05, 3.63) is 23.2 Å². The van der Waals surface area contributed by atoms with Crippen molar-refractivity contribution in [2.45, 2.75) is 24.7 Å². The molecular weight excluding hydrogens is 408 g/mol. The zero-order chi connectivity index (χ0) is 20.9. The molecule has 0 saturated carbocycles. The fourth-order valence-electron chi connectivity index (χ4n) is 3.02. The topological polar surface area (TPSA) is 93.2 Å². The molecule has 1 amide bonds. The van der Waals surface area contributed by atoms with E-state index in [2.05, 4.69) is 0 Å². The van der Waals surface area contributed by atoms with Gasteiger partial charge >= 0.3 is 5.97 Å². The second kappa shape index (κ2) is 9.58. The van der Waals surface area contributed by atoms with Gasteiger partial charge in [-0.1, -0.05) is 11.6 Å². The van der Waals surface area contributed by atoms with Crippen LogP contribution in [0.2, 0.25) is 5.02 Å². The molecule has 1 aromatic rings. The Bertz CT molecular complexity index is 821. The minimum Gasteiger partial charge on any atom is -0.495 e. The average molecular weight is 433 g/mol. The minimum atomic E-state index is -3.97. The van der Waals surface area contributed by atoms with Gasteiger partial charge in [0.15, 0.2) is 0 Å². The first kappa shape index (κ1) is 22.4. The van der Waals surface area contributed by atoms with Gasteiger partial charge in [-0.25, -0.2) is 8.42 Å². The Morgan fingerprint density at radius 2 is 1.93 bits per heavy atom. The Morgan fingerprint density at radius 1 is 1.29 bits per heavy atom. The third kappa shape index (κ3) is 5.15. The molecule has 28 heavy (non-hydrogen) atoms. The van der Waals surface area contributed by atoms with Gasteiger partial charge in [0.25, 0.3) is 0 Å². The molecule has 0 N–H and O–H groups in total. The number of nitrogens with zero attached hydrogens (tertiary/aromatic N) is 2. The lowest BCUT2D eigenvalue weighted by atomic mass is 9.97. The van der Waals surface area contributed by atoms with E-state index in [-0.39, 0.29) is 40.0 Å². The zero-order valence-corrected chi connectivity index (χ0v) is 17.8. The van der Waals surface area contributed by atoms with Crippen LogP contribution in [-0.2, 0) is 24.3 Å². The summed E-state index contributed by atoms with van der Waals surface area (Å²) in [6.45, 7) is 2.53. The van der Waals surface area contributed by atoms with Gasteiger partial charge in [-0.3, -0.25) is 9.59 Å². The molecule has 0 atom stereocenters. The van der Waals surface area contributed by atoms with E-state index < -0.39 is 10.0 Å². The largest absolute Gasteiger partial charge is 0.495 e. The summed E-state index contributed by atoms with van der Waals surface area (Å²) in [5.74, 6) is -0.642. The Kier molecular flexibility index (Phi) is 7.68. The molecule has 1 aromatic carbocycles. The molecule has 0 aromatic heterocycles. The number of carbonyl (C=O) groups is 2. The Hall–Kier alpha value is -1.84. The number of methoxy groups -OCH3 is 1. The second-order valence-corrected chi connectivity index (χ2v) is 8.91. The van der Waals surface area contributed by atoms with E-state index in [0.29, 0.717) is 32.5 Å². The van der Waals surface area contributed by atoms with Gasteiger partial charge < -0.3 is 14.4 Å². The first-order chi connectivity index (χ1) is 13.2. The minimum absolute atomic E-state index is 0.0983. The van der Waals surface area contributed by atoms with Crippen LogP contribution in [0.15, 0.2) is 23.1 Å². The van der Waals surface area contributed by atoms with Gasteiger partial charge in [-0.2, -0.15) is 4.31 Å². The van der Waals surface area contributed by atoms with Crippen molar-refractivity contribution < 1.29 is 27.5 Å². The summed E-state index contributed by atoms with van der Waals surface area (Å²) in [4.78, 5) is 25.8. The first-order valence-electron chi connectivity index (χ1n) is 8.95. The third-order valence-electron chi connectivity index (χ3n) is 4.64. The number of hydrogen-bond acceptors (Lipinski definition) is 6. The van der Waals surface area contributed by atoms with Crippen LogP contribution in [-0.4, -0.2) is 69.9 Å². The highest BCUT2D eigenvalue weighted by molar-refractivity contribution is 7.89. The van der Waals surface area contributed by atoms with Gasteiger partial charge in [-0.15, -0.1) is 0 Å². The average Bonchev–Trinajstić information content (AvgIpc) is 2.68. The van der Waals surface area contributed by atoms with Crippen molar-refractivity contribution >= 4 is 33.5 Å². The number of amides is 1. The SMILES string of the molecule is CCOC(=O)C1CCN(C(=O)CN(C)S(=O)(=O)c2cc(Cl)ccc2OC)CC1. The van der Waals surface area contributed by atoms with E-state index in [9.17, 15) is 18.0 Å². The van der Waals surface area contributed by atoms with E-state index in [1.54, 1.807) is 11.8 Å². The summed E-state index contributed by atoms with van der Waals surface area (Å²) >= 11 is 5.92. The summed E-state index contributed by atoms with van der Waals surface area (Å²) in [6.07, 6.45) is 1.01. The number of halogens is 1. The van der Waals surface area contributed by atoms with Crippen molar-refractivity contribution in [2.75, 3.05) is 40.4 Å². The summed E-state index contributed by atoms with van der Waals surface area (Å²) in [5, 5.41) is 0.250. The van der Waals surface area contributed by atoms with Crippen molar-refractivity contribution in [1.29, 1.82) is 0 Å². The van der Waals surface area contributed by atoms with Gasteiger partial charge in [0.05, 0.1) is 26.2 Å².